The Bertz CT molecular complexity index is 1160. The van der Waals surface area contributed by atoms with Crippen molar-refractivity contribution >= 4 is 28.5 Å². The zero-order chi connectivity index (χ0) is 20.4. The molecular formula is C23H20N2O2S2. The van der Waals surface area contributed by atoms with Crippen molar-refractivity contribution in [3.63, 3.8) is 0 Å². The first-order chi connectivity index (χ1) is 14.1. The van der Waals surface area contributed by atoms with E-state index in [-0.39, 0.29) is 5.84 Å². The van der Waals surface area contributed by atoms with Crippen molar-refractivity contribution in [2.45, 2.75) is 0 Å². The highest BCUT2D eigenvalue weighted by Crippen LogP contribution is 2.41. The molecule has 3 N–H and O–H groups in total. The van der Waals surface area contributed by atoms with E-state index in [1.165, 1.54) is 19.5 Å². The van der Waals surface area contributed by atoms with Crippen LogP contribution in [0.25, 0.3) is 30.6 Å². The Labute approximate surface area is 177 Å². The number of nitrogen functional groups attached to an aromatic ring is 1. The lowest BCUT2D eigenvalue weighted by atomic mass is 10.1. The summed E-state index contributed by atoms with van der Waals surface area (Å²) in [7, 11) is 3.29. The molecule has 0 atom stereocenters. The van der Waals surface area contributed by atoms with Gasteiger partial charge in [0.05, 0.1) is 14.2 Å². The van der Waals surface area contributed by atoms with Crippen LogP contribution in [-0.2, 0) is 0 Å². The molecule has 0 spiro atoms. The Morgan fingerprint density at radius 2 is 1.21 bits per heavy atom. The van der Waals surface area contributed by atoms with Gasteiger partial charge in [-0.3, -0.25) is 5.41 Å². The van der Waals surface area contributed by atoms with E-state index in [0.717, 1.165) is 28.2 Å². The van der Waals surface area contributed by atoms with Crippen LogP contribution < -0.4 is 15.2 Å². The Morgan fingerprint density at radius 1 is 0.690 bits per heavy atom. The largest absolute Gasteiger partial charge is 0.493 e. The summed E-state index contributed by atoms with van der Waals surface area (Å²) >= 11 is 3.51. The number of ether oxygens (including phenoxy) is 2. The molecule has 0 fully saturated rings. The van der Waals surface area contributed by atoms with Gasteiger partial charge < -0.3 is 15.2 Å². The van der Waals surface area contributed by atoms with Crippen LogP contribution >= 0.6 is 22.7 Å². The molecule has 0 aliphatic heterocycles. The van der Waals surface area contributed by atoms with Gasteiger partial charge in [-0.15, -0.1) is 22.7 Å². The monoisotopic (exact) mass is 420 g/mol. The van der Waals surface area contributed by atoms with E-state index in [4.69, 9.17) is 20.6 Å². The van der Waals surface area contributed by atoms with E-state index in [2.05, 4.69) is 24.3 Å². The third-order valence-corrected chi connectivity index (χ3v) is 7.07. The minimum atomic E-state index is 0.0877. The van der Waals surface area contributed by atoms with Crippen LogP contribution in [0.4, 0.5) is 0 Å². The van der Waals surface area contributed by atoms with Gasteiger partial charge in [0, 0.05) is 25.1 Å². The summed E-state index contributed by atoms with van der Waals surface area (Å²) < 4.78 is 10.8. The zero-order valence-corrected chi connectivity index (χ0v) is 17.7. The van der Waals surface area contributed by atoms with E-state index < -0.39 is 0 Å². The molecule has 4 aromatic rings. The fourth-order valence-corrected chi connectivity index (χ4v) is 5.16. The molecule has 0 unspecified atom stereocenters. The number of methoxy groups -OCH3 is 2. The predicted molar refractivity (Wildman–Crippen MR) is 123 cm³/mol. The molecule has 4 nitrogen and oxygen atoms in total. The molecular weight excluding hydrogens is 400 g/mol. The zero-order valence-electron chi connectivity index (χ0n) is 16.1. The minimum absolute atomic E-state index is 0.0877. The van der Waals surface area contributed by atoms with Crippen molar-refractivity contribution in [1.29, 1.82) is 5.41 Å². The van der Waals surface area contributed by atoms with E-state index in [1.807, 2.05) is 42.5 Å². The smallest absolute Gasteiger partial charge is 0.161 e. The highest BCUT2D eigenvalue weighted by atomic mass is 32.1. The molecule has 146 valence electrons. The van der Waals surface area contributed by atoms with Gasteiger partial charge in [0.2, 0.25) is 0 Å². The van der Waals surface area contributed by atoms with Crippen molar-refractivity contribution < 1.29 is 9.47 Å². The minimum Gasteiger partial charge on any atom is -0.493 e. The van der Waals surface area contributed by atoms with Crippen molar-refractivity contribution in [3.8, 4) is 42.1 Å². The van der Waals surface area contributed by atoms with Gasteiger partial charge in [0.25, 0.3) is 0 Å². The lowest BCUT2D eigenvalue weighted by molar-refractivity contribution is 0.355. The molecule has 2 heterocycles. The molecule has 2 aromatic heterocycles. The van der Waals surface area contributed by atoms with Gasteiger partial charge in [-0.1, -0.05) is 24.3 Å². The Kier molecular flexibility index (Phi) is 5.38. The summed E-state index contributed by atoms with van der Waals surface area (Å²) in [4.78, 5) is 4.83. The molecule has 2 aromatic carbocycles. The average Bonchev–Trinajstić information content (AvgIpc) is 3.43. The second kappa shape index (κ2) is 8.11. The van der Waals surface area contributed by atoms with Gasteiger partial charge >= 0.3 is 0 Å². The lowest BCUT2D eigenvalue weighted by Crippen LogP contribution is -2.10. The number of thiophene rings is 2. The molecule has 0 amide bonds. The van der Waals surface area contributed by atoms with Crippen molar-refractivity contribution in [2.24, 2.45) is 5.73 Å². The summed E-state index contributed by atoms with van der Waals surface area (Å²) in [5.74, 6) is 1.55. The summed E-state index contributed by atoms with van der Waals surface area (Å²) in [6.07, 6.45) is 0. The molecule has 29 heavy (non-hydrogen) atoms. The maximum Gasteiger partial charge on any atom is 0.161 e. The summed E-state index contributed by atoms with van der Waals surface area (Å²) in [5, 5.41) is 7.52. The van der Waals surface area contributed by atoms with Crippen LogP contribution in [-0.4, -0.2) is 20.1 Å². The molecule has 0 aliphatic rings. The quantitative estimate of drug-likeness (QED) is 0.292. The number of hydrogen-bond donors (Lipinski definition) is 2. The van der Waals surface area contributed by atoms with Crippen LogP contribution in [0, 0.1) is 5.41 Å². The average molecular weight is 421 g/mol. The van der Waals surface area contributed by atoms with E-state index in [9.17, 15) is 0 Å². The fourth-order valence-electron chi connectivity index (χ4n) is 3.05. The molecule has 0 radical (unpaired) electrons. The summed E-state index contributed by atoms with van der Waals surface area (Å²) in [5.41, 5.74) is 8.51. The highest BCUT2D eigenvalue weighted by Gasteiger charge is 2.11. The molecule has 0 bridgehead atoms. The maximum atomic E-state index is 7.52. The normalized spacial score (nSPS) is 10.7. The third kappa shape index (κ3) is 3.90. The van der Waals surface area contributed by atoms with Gasteiger partial charge in [-0.05, 0) is 53.6 Å². The van der Waals surface area contributed by atoms with Crippen molar-refractivity contribution in [2.75, 3.05) is 14.2 Å². The maximum absolute atomic E-state index is 7.52. The van der Waals surface area contributed by atoms with Crippen molar-refractivity contribution in [3.05, 3.63) is 72.3 Å². The van der Waals surface area contributed by atoms with Crippen LogP contribution in [0.5, 0.6) is 11.5 Å². The Hall–Kier alpha value is -3.09. The van der Waals surface area contributed by atoms with Gasteiger partial charge in [0.1, 0.15) is 5.84 Å². The van der Waals surface area contributed by atoms with Crippen LogP contribution in [0.3, 0.4) is 0 Å². The van der Waals surface area contributed by atoms with E-state index in [1.54, 1.807) is 36.9 Å². The molecule has 0 saturated heterocycles. The van der Waals surface area contributed by atoms with Crippen molar-refractivity contribution in [1.82, 2.24) is 0 Å². The molecule has 0 saturated carbocycles. The fraction of sp³-hybridized carbons (Fsp3) is 0.0870. The van der Waals surface area contributed by atoms with Crippen LogP contribution in [0.2, 0.25) is 0 Å². The first-order valence-corrected chi connectivity index (χ1v) is 10.6. The lowest BCUT2D eigenvalue weighted by Gasteiger charge is -2.08. The number of nitrogens with one attached hydrogen (secondary N) is 1. The second-order valence-electron chi connectivity index (χ2n) is 6.39. The number of benzene rings is 2. The van der Waals surface area contributed by atoms with E-state index >= 15 is 0 Å². The SMILES string of the molecule is COc1ccc(-c2ccc(-c3ccc(-c4ccc(C(=N)N)cc4)s3)s2)cc1OC. The topological polar surface area (TPSA) is 68.3 Å². The van der Waals surface area contributed by atoms with Crippen LogP contribution in [0.15, 0.2) is 66.7 Å². The predicted octanol–water partition coefficient (Wildman–Crippen LogP) is 6.11. The number of hydrogen-bond acceptors (Lipinski definition) is 5. The van der Waals surface area contributed by atoms with E-state index in [0.29, 0.717) is 0 Å². The Morgan fingerprint density at radius 3 is 1.76 bits per heavy atom. The van der Waals surface area contributed by atoms with Gasteiger partial charge in [-0.2, -0.15) is 0 Å². The highest BCUT2D eigenvalue weighted by molar-refractivity contribution is 7.25. The van der Waals surface area contributed by atoms with Gasteiger partial charge in [0.15, 0.2) is 11.5 Å². The molecule has 4 rings (SSSR count). The second-order valence-corrected chi connectivity index (χ2v) is 8.56. The number of rotatable bonds is 6. The third-order valence-electron chi connectivity index (χ3n) is 4.60. The van der Waals surface area contributed by atoms with Crippen LogP contribution in [0.1, 0.15) is 5.56 Å². The number of nitrogens with two attached hydrogens (primary N) is 1. The summed E-state index contributed by atoms with van der Waals surface area (Å²) in [6.45, 7) is 0. The Balaban J connectivity index is 1.60. The standard InChI is InChI=1S/C23H20N2O2S2/c1-26-17-8-7-16(13-18(17)27-2)20-10-12-22(29-20)21-11-9-19(28-21)14-3-5-15(6-4-14)23(24)25/h3-13H,1-2H3,(H3,24,25). The number of amidine groups is 1. The van der Waals surface area contributed by atoms with Gasteiger partial charge in [-0.25, -0.2) is 0 Å². The summed E-state index contributed by atoms with van der Waals surface area (Å²) in [6, 6.07) is 22.4. The first kappa shape index (κ1) is 19.2. The first-order valence-electron chi connectivity index (χ1n) is 8.96. The molecule has 0 aliphatic carbocycles. The molecule has 6 heteroatoms.